The second kappa shape index (κ2) is 9.88. The van der Waals surface area contributed by atoms with E-state index in [4.69, 9.17) is 4.42 Å². The molecule has 25 heavy (non-hydrogen) atoms. The highest BCUT2D eigenvalue weighted by atomic mass is 79.9. The largest absolute Gasteiger partial charge is 0.444 e. The van der Waals surface area contributed by atoms with Gasteiger partial charge in [0, 0.05) is 25.3 Å². The van der Waals surface area contributed by atoms with Crippen molar-refractivity contribution in [1.82, 2.24) is 10.6 Å². The minimum absolute atomic E-state index is 0.0761. The number of rotatable bonds is 9. The number of anilines is 1. The number of nitrogens with one attached hydrogen (secondary N) is 2. The predicted molar refractivity (Wildman–Crippen MR) is 101 cm³/mol. The molecule has 1 aromatic carbocycles. The van der Waals surface area contributed by atoms with Crippen molar-refractivity contribution in [1.29, 1.82) is 0 Å². The highest BCUT2D eigenvalue weighted by Gasteiger charge is 2.11. The lowest BCUT2D eigenvalue weighted by atomic mass is 10.2. The molecule has 0 fully saturated rings. The van der Waals surface area contributed by atoms with Crippen LogP contribution in [0.25, 0.3) is 0 Å². The lowest BCUT2D eigenvalue weighted by Gasteiger charge is -2.23. The highest BCUT2D eigenvalue weighted by molar-refractivity contribution is 9.10. The molecule has 0 aliphatic heterocycles. The first-order valence-corrected chi connectivity index (χ1v) is 8.99. The number of nitrogens with zero attached hydrogens (tertiary/aromatic N) is 1. The van der Waals surface area contributed by atoms with Gasteiger partial charge in [0.25, 0.3) is 5.91 Å². The van der Waals surface area contributed by atoms with Gasteiger partial charge in [-0.2, -0.15) is 0 Å². The second-order valence-corrected chi connectivity index (χ2v) is 6.19. The Kier molecular flexibility index (Phi) is 7.53. The Morgan fingerprint density at radius 3 is 2.52 bits per heavy atom. The zero-order valence-electron chi connectivity index (χ0n) is 14.1. The summed E-state index contributed by atoms with van der Waals surface area (Å²) in [4.78, 5) is 25.8. The Morgan fingerprint density at radius 1 is 1.12 bits per heavy atom. The molecule has 1 aromatic heterocycles. The third-order valence-corrected chi connectivity index (χ3v) is 4.06. The molecule has 0 radical (unpaired) electrons. The van der Waals surface area contributed by atoms with Crippen molar-refractivity contribution in [3.8, 4) is 0 Å². The molecule has 0 saturated carbocycles. The van der Waals surface area contributed by atoms with Gasteiger partial charge in [-0.25, -0.2) is 0 Å². The number of furan rings is 1. The van der Waals surface area contributed by atoms with Crippen molar-refractivity contribution in [2.75, 3.05) is 31.1 Å². The molecule has 0 atom stereocenters. The Hall–Kier alpha value is -2.28. The Balaban J connectivity index is 1.64. The summed E-state index contributed by atoms with van der Waals surface area (Å²) < 4.78 is 5.60. The van der Waals surface area contributed by atoms with Gasteiger partial charge >= 0.3 is 0 Å². The Bertz CT molecular complexity index is 688. The summed E-state index contributed by atoms with van der Waals surface area (Å²) >= 11 is 3.13. The van der Waals surface area contributed by atoms with Crippen LogP contribution in [-0.2, 0) is 4.79 Å². The van der Waals surface area contributed by atoms with E-state index in [1.165, 1.54) is 5.69 Å². The number of hydrogen-bond donors (Lipinski definition) is 2. The molecule has 1 heterocycles. The molecule has 0 bridgehead atoms. The predicted octanol–water partition coefficient (Wildman–Crippen LogP) is 2.80. The first-order chi connectivity index (χ1) is 12.1. The van der Waals surface area contributed by atoms with Gasteiger partial charge in [0.05, 0.1) is 6.54 Å². The highest BCUT2D eigenvalue weighted by Crippen LogP contribution is 2.14. The first kappa shape index (κ1) is 19.1. The van der Waals surface area contributed by atoms with Crippen molar-refractivity contribution < 1.29 is 14.0 Å². The normalized spacial score (nSPS) is 10.3. The van der Waals surface area contributed by atoms with Gasteiger partial charge in [-0.15, -0.1) is 0 Å². The van der Waals surface area contributed by atoms with E-state index in [9.17, 15) is 9.59 Å². The Morgan fingerprint density at radius 2 is 1.88 bits per heavy atom. The summed E-state index contributed by atoms with van der Waals surface area (Å²) in [5.74, 6) is -0.468. The van der Waals surface area contributed by atoms with Crippen LogP contribution in [0, 0.1) is 0 Å². The minimum Gasteiger partial charge on any atom is -0.444 e. The monoisotopic (exact) mass is 407 g/mol. The van der Waals surface area contributed by atoms with E-state index in [0.29, 0.717) is 11.2 Å². The maximum absolute atomic E-state index is 11.8. The van der Waals surface area contributed by atoms with Crippen LogP contribution in [0.2, 0.25) is 0 Å². The lowest BCUT2D eigenvalue weighted by molar-refractivity contribution is -0.120. The fraction of sp³-hybridized carbons (Fsp3) is 0.333. The number of benzene rings is 1. The van der Waals surface area contributed by atoms with Crippen molar-refractivity contribution in [3.05, 3.63) is 52.9 Å². The summed E-state index contributed by atoms with van der Waals surface area (Å²) in [6, 6.07) is 13.3. The zero-order chi connectivity index (χ0) is 18.1. The zero-order valence-corrected chi connectivity index (χ0v) is 15.7. The molecule has 2 N–H and O–H groups in total. The van der Waals surface area contributed by atoms with Crippen LogP contribution >= 0.6 is 15.9 Å². The van der Waals surface area contributed by atoms with E-state index in [1.807, 2.05) is 18.2 Å². The topological polar surface area (TPSA) is 74.6 Å². The van der Waals surface area contributed by atoms with E-state index in [-0.39, 0.29) is 18.2 Å². The molecule has 0 unspecified atom stereocenters. The van der Waals surface area contributed by atoms with Crippen LogP contribution in [0.5, 0.6) is 0 Å². The summed E-state index contributed by atoms with van der Waals surface area (Å²) in [5, 5.41) is 5.33. The van der Waals surface area contributed by atoms with Crippen LogP contribution < -0.4 is 15.5 Å². The molecule has 7 heteroatoms. The Labute approximate surface area is 155 Å². The standard InChI is InChI=1S/C18H22BrN3O3/c1-2-22(14-7-4-3-5-8-14)12-6-11-20-17(23)13-21-18(24)15-9-10-16(19)25-15/h3-5,7-10H,2,6,11-13H2,1H3,(H,20,23)(H,21,24). The molecule has 2 rings (SSSR count). The van der Waals surface area contributed by atoms with Crippen LogP contribution in [0.1, 0.15) is 23.9 Å². The van der Waals surface area contributed by atoms with E-state index in [0.717, 1.165) is 19.5 Å². The van der Waals surface area contributed by atoms with Gasteiger partial charge < -0.3 is 20.0 Å². The molecule has 0 aliphatic rings. The lowest BCUT2D eigenvalue weighted by Crippen LogP contribution is -2.38. The maximum atomic E-state index is 11.8. The van der Waals surface area contributed by atoms with Crippen molar-refractivity contribution in [2.45, 2.75) is 13.3 Å². The second-order valence-electron chi connectivity index (χ2n) is 5.41. The number of carbonyl (C=O) groups excluding carboxylic acids is 2. The summed E-state index contributed by atoms with van der Waals surface area (Å²) in [6.07, 6.45) is 0.827. The summed E-state index contributed by atoms with van der Waals surface area (Å²) in [7, 11) is 0. The third-order valence-electron chi connectivity index (χ3n) is 3.64. The molecule has 2 aromatic rings. The smallest absolute Gasteiger partial charge is 0.287 e. The van der Waals surface area contributed by atoms with E-state index < -0.39 is 5.91 Å². The van der Waals surface area contributed by atoms with Gasteiger partial charge in [0.2, 0.25) is 5.91 Å². The van der Waals surface area contributed by atoms with Gasteiger partial charge in [-0.3, -0.25) is 9.59 Å². The third kappa shape index (κ3) is 6.26. The first-order valence-electron chi connectivity index (χ1n) is 8.20. The number of amides is 2. The average Bonchev–Trinajstić information content (AvgIpc) is 3.07. The molecular weight excluding hydrogens is 386 g/mol. The van der Waals surface area contributed by atoms with Gasteiger partial charge in [0.15, 0.2) is 10.4 Å². The number of carbonyl (C=O) groups is 2. The van der Waals surface area contributed by atoms with Gasteiger partial charge in [-0.05, 0) is 53.5 Å². The van der Waals surface area contributed by atoms with E-state index in [1.54, 1.807) is 12.1 Å². The number of para-hydroxylation sites is 1. The average molecular weight is 408 g/mol. The van der Waals surface area contributed by atoms with Crippen LogP contribution in [0.15, 0.2) is 51.6 Å². The van der Waals surface area contributed by atoms with Crippen molar-refractivity contribution in [2.24, 2.45) is 0 Å². The molecule has 134 valence electrons. The number of hydrogen-bond acceptors (Lipinski definition) is 4. The van der Waals surface area contributed by atoms with Crippen LogP contribution in [-0.4, -0.2) is 38.0 Å². The SMILES string of the molecule is CCN(CCCNC(=O)CNC(=O)c1ccc(Br)o1)c1ccccc1. The molecule has 6 nitrogen and oxygen atoms in total. The van der Waals surface area contributed by atoms with E-state index >= 15 is 0 Å². The molecule has 0 spiro atoms. The maximum Gasteiger partial charge on any atom is 0.287 e. The molecule has 2 amide bonds. The van der Waals surface area contributed by atoms with Gasteiger partial charge in [-0.1, -0.05) is 18.2 Å². The minimum atomic E-state index is -0.415. The van der Waals surface area contributed by atoms with Crippen LogP contribution in [0.3, 0.4) is 0 Å². The fourth-order valence-corrected chi connectivity index (χ4v) is 2.66. The molecular formula is C18H22BrN3O3. The summed E-state index contributed by atoms with van der Waals surface area (Å²) in [6.45, 7) is 4.35. The molecule has 0 aliphatic carbocycles. The van der Waals surface area contributed by atoms with E-state index in [2.05, 4.69) is 50.5 Å². The van der Waals surface area contributed by atoms with Crippen molar-refractivity contribution in [3.63, 3.8) is 0 Å². The quantitative estimate of drug-likeness (QED) is 0.626. The van der Waals surface area contributed by atoms with Crippen LogP contribution in [0.4, 0.5) is 5.69 Å². The molecule has 0 saturated heterocycles. The van der Waals surface area contributed by atoms with Crippen molar-refractivity contribution >= 4 is 33.4 Å². The fourth-order valence-electron chi connectivity index (χ4n) is 2.35. The van der Waals surface area contributed by atoms with Gasteiger partial charge in [0.1, 0.15) is 0 Å². The number of halogens is 1. The summed E-state index contributed by atoms with van der Waals surface area (Å²) in [5.41, 5.74) is 1.17.